The van der Waals surface area contributed by atoms with Gasteiger partial charge in [0.1, 0.15) is 66.2 Å². The summed E-state index contributed by atoms with van der Waals surface area (Å²) in [6, 6.07) is 12.6. The van der Waals surface area contributed by atoms with Crippen LogP contribution in [-0.2, 0) is 102 Å². The van der Waals surface area contributed by atoms with Gasteiger partial charge in [-0.25, -0.2) is 15.6 Å². The number of primary amides is 1. The number of hydrogen-bond donors (Lipinski definition) is 25. The predicted octanol–water partition coefficient (Wildman–Crippen LogP) is -3.73. The average Bonchev–Trinajstić information content (AvgIpc) is 1.68. The number of ketones is 5. The van der Waals surface area contributed by atoms with E-state index in [2.05, 4.69) is 116 Å². The number of nitrogens with one attached hydrogen (secondary N) is 17. The highest BCUT2D eigenvalue weighted by Gasteiger charge is 2.44. The lowest BCUT2D eigenvalue weighted by atomic mass is 10.00. The zero-order valence-corrected chi connectivity index (χ0v) is 77.4. The molecule has 0 radical (unpaired) electrons. The first kappa shape index (κ1) is 110. The summed E-state index contributed by atoms with van der Waals surface area (Å²) < 4.78 is 0. The third-order valence-corrected chi connectivity index (χ3v) is 24.2. The van der Waals surface area contributed by atoms with E-state index in [1.54, 1.807) is 128 Å². The number of benzene rings is 4. The van der Waals surface area contributed by atoms with Crippen molar-refractivity contribution in [3.8, 4) is 0 Å². The fourth-order valence-corrected chi connectivity index (χ4v) is 16.7. The van der Waals surface area contributed by atoms with Crippen LogP contribution in [0.15, 0.2) is 121 Å². The lowest BCUT2D eigenvalue weighted by Crippen LogP contribution is -2.63. The zero-order chi connectivity index (χ0) is 97.1. The van der Waals surface area contributed by atoms with Crippen LogP contribution in [0.3, 0.4) is 0 Å². The topological polar surface area (TPSA) is 637 Å². The zero-order valence-electron chi connectivity index (χ0n) is 74.8. The van der Waals surface area contributed by atoms with Crippen molar-refractivity contribution in [3.63, 3.8) is 0 Å². The van der Waals surface area contributed by atoms with Crippen molar-refractivity contribution in [3.05, 3.63) is 144 Å². The van der Waals surface area contributed by atoms with Crippen LogP contribution in [0.2, 0.25) is 0 Å². The fraction of sp³-hybridized carbons (Fsp3) is 0.517. The van der Waals surface area contributed by atoms with Gasteiger partial charge in [-0.3, -0.25) is 71.9 Å². The van der Waals surface area contributed by atoms with E-state index in [1.807, 2.05) is 11.8 Å². The highest BCUT2D eigenvalue weighted by atomic mass is 32.2. The number of hydrogen-bond acceptors (Lipinski definition) is 29. The third kappa shape index (κ3) is 35.8. The molecular formula is C89H128N20O20S3. The molecule has 5 aromatic rings. The van der Waals surface area contributed by atoms with Crippen molar-refractivity contribution in [2.75, 3.05) is 57.6 Å². The molecule has 0 saturated carbocycles. The number of rotatable bonds is 59. The van der Waals surface area contributed by atoms with Crippen LogP contribution in [-0.4, -0.2) is 286 Å². The highest BCUT2D eigenvalue weighted by molar-refractivity contribution is 8.00. The summed E-state index contributed by atoms with van der Waals surface area (Å²) in [6.45, 7) is 4.09. The maximum absolute atomic E-state index is 15.4. The van der Waals surface area contributed by atoms with Gasteiger partial charge in [0.25, 0.3) is 0 Å². The Balaban J connectivity index is 0.00000150. The lowest BCUT2D eigenvalue weighted by molar-refractivity contribution is -0.141. The number of thiol groups is 2. The number of urea groups is 1. The van der Waals surface area contributed by atoms with E-state index < -0.39 is 198 Å². The van der Waals surface area contributed by atoms with Gasteiger partial charge in [-0.2, -0.15) is 37.0 Å². The molecule has 6 unspecified atom stereocenters. The van der Waals surface area contributed by atoms with E-state index in [4.69, 9.17) is 17.2 Å². The van der Waals surface area contributed by atoms with E-state index in [0.29, 0.717) is 76.2 Å². The number of likely N-dealkylation sites (N-methyl/N-ethyl adjacent to an activating group) is 2. The minimum absolute atomic E-state index is 0.0240. The van der Waals surface area contributed by atoms with Gasteiger partial charge in [0.15, 0.2) is 0 Å². The van der Waals surface area contributed by atoms with Crippen LogP contribution < -0.4 is 102 Å². The molecule has 43 heteroatoms. The summed E-state index contributed by atoms with van der Waals surface area (Å²) in [4.78, 5) is 235. The van der Waals surface area contributed by atoms with E-state index in [0.717, 1.165) is 38.9 Å². The molecule has 2 saturated heterocycles. The van der Waals surface area contributed by atoms with Crippen LogP contribution in [0.5, 0.6) is 0 Å². The molecule has 1 aromatic heterocycles. The number of fused-ring (bicyclic) bond motifs is 2. The van der Waals surface area contributed by atoms with Crippen molar-refractivity contribution < 1.29 is 96.8 Å². The van der Waals surface area contributed by atoms with Gasteiger partial charge in [-0.15, -0.1) is 0 Å². The normalized spacial score (nSPS) is 17.2. The molecule has 3 heterocycles. The smallest absolute Gasteiger partial charge is 0.315 e. The van der Waals surface area contributed by atoms with Crippen molar-refractivity contribution in [1.29, 1.82) is 0 Å². The second kappa shape index (κ2) is 57.4. The molecule has 132 heavy (non-hydrogen) atoms. The Bertz CT molecular complexity index is 4670. The standard InChI is InChI=1S/C78H110N18O18S2.C11H18N2O2S/c1-43(96-85-39-62(100)66(102)60(41-115)82-4)69(105)86-52(29-17-19-31-79)70(106)91-58(37-63(81)101)75(111)89-54(33-46-21-9-6-10-22-46)72(108)88-55(34-47-23-11-7-12-24-47)73(109)90-57(36-49-38-84-51-28-16-15-27-50(49)51)74(110)87-53(30-18-20-32-80)71(107)94-64(44(2)98)77(113)92-56(35-48-25-13-8-14-26-48)76(112)95-65(45(3)99)78(114)93-59(40-97)67(103)68(104)61(42-116)83-5;1-7(14)4-2-3-5-9-10-8(6-16-9)12-11(15)13-10/h6-16,21-28,38,43-45,52-61,64-65,82-85,96-99,115-116H,17-20,29-37,39-42,79-80H2,1-5H3,(H2,81,101)(H,86,105)(H,87,110)(H,88,108)(H,89,111)(H,90,109)(H,91,106)(H,92,113)(H,93,114)(H,94,107)(H,95,112);8-10H,2-6H2,1H3,(H2,12,13,15)/t43-,44+,45+,52?,53-,54?,55-,56-,57?,58-,59-,60-,61-,64-,65-;/m0./s1. The van der Waals surface area contributed by atoms with Gasteiger partial charge in [-0.1, -0.05) is 116 Å². The molecule has 0 spiro atoms. The van der Waals surface area contributed by atoms with Crippen LogP contribution in [0, 0.1) is 0 Å². The van der Waals surface area contributed by atoms with Gasteiger partial charge in [0.2, 0.25) is 88.1 Å². The van der Waals surface area contributed by atoms with E-state index in [9.17, 15) is 82.4 Å². The summed E-state index contributed by atoms with van der Waals surface area (Å²) in [6.07, 6.45) is 1.12. The van der Waals surface area contributed by atoms with Crippen LogP contribution >= 0.6 is 37.0 Å². The Morgan fingerprint density at radius 2 is 0.886 bits per heavy atom. The second-order valence-corrected chi connectivity index (χ2v) is 34.4. The number of carbonyl (C=O) groups excluding carboxylic acids is 17. The number of aromatic nitrogens is 1. The Morgan fingerprint density at radius 3 is 1.35 bits per heavy atom. The summed E-state index contributed by atoms with van der Waals surface area (Å²) >= 11 is 10.1. The second-order valence-electron chi connectivity index (χ2n) is 32.4. The molecule has 18 atom stereocenters. The van der Waals surface area contributed by atoms with Crippen LogP contribution in [0.1, 0.15) is 121 Å². The summed E-state index contributed by atoms with van der Waals surface area (Å²) in [5.41, 5.74) is 25.1. The molecule has 0 bridgehead atoms. The number of thioether (sulfide) groups is 1. The van der Waals surface area contributed by atoms with Crippen LogP contribution in [0.4, 0.5) is 4.79 Å². The van der Waals surface area contributed by atoms with Gasteiger partial charge in [0.05, 0.1) is 62.0 Å². The highest BCUT2D eigenvalue weighted by Crippen LogP contribution is 2.33. The number of Topliss-reactive ketones (excluding diaryl/α,β-unsaturated/α-hetero) is 5. The lowest BCUT2D eigenvalue weighted by Gasteiger charge is -2.29. The van der Waals surface area contributed by atoms with Gasteiger partial charge < -0.3 is 117 Å². The number of aromatic amines is 1. The molecule has 26 N–H and O–H groups in total. The van der Waals surface area contributed by atoms with Crippen molar-refractivity contribution in [2.24, 2.45) is 17.2 Å². The number of H-pyrrole nitrogens is 1. The first-order valence-corrected chi connectivity index (χ1v) is 46.1. The molecule has 722 valence electrons. The van der Waals surface area contributed by atoms with Gasteiger partial charge >= 0.3 is 6.03 Å². The minimum atomic E-state index is -1.90. The minimum Gasteiger partial charge on any atom is -0.394 e. The molecule has 13 amide bonds. The quantitative estimate of drug-likeness (QED) is 0.00585. The number of nitrogens with two attached hydrogens (primary N) is 3. The summed E-state index contributed by atoms with van der Waals surface area (Å²) in [5.74, 6) is -13.9. The van der Waals surface area contributed by atoms with E-state index >= 15 is 14.4 Å². The number of carbonyl (C=O) groups is 17. The van der Waals surface area contributed by atoms with E-state index in [1.165, 1.54) is 21.0 Å². The third-order valence-electron chi connectivity index (χ3n) is 22.0. The molecule has 2 fully saturated rings. The molecule has 4 aromatic carbocycles. The molecule has 0 aliphatic carbocycles. The van der Waals surface area contributed by atoms with Crippen molar-refractivity contribution in [2.45, 2.75) is 232 Å². The number of unbranched alkanes of at least 4 members (excludes halogenated alkanes) is 3. The van der Waals surface area contributed by atoms with Crippen molar-refractivity contribution >= 4 is 148 Å². The first-order chi connectivity index (χ1) is 63.1. The molecule has 2 aliphatic heterocycles. The predicted molar refractivity (Wildman–Crippen MR) is 500 cm³/mol. The first-order valence-electron chi connectivity index (χ1n) is 43.8. The Labute approximate surface area is 781 Å². The van der Waals surface area contributed by atoms with E-state index in [-0.39, 0.29) is 81.4 Å². The molecule has 2 aliphatic rings. The van der Waals surface area contributed by atoms with Crippen LogP contribution in [0.25, 0.3) is 10.9 Å². The number of hydrazine groups is 1. The largest absolute Gasteiger partial charge is 0.394 e. The Hall–Kier alpha value is -11.1. The number of amides is 13. The number of aliphatic hydroxyl groups is 3. The molecular weight excluding hydrogens is 1770 g/mol. The monoisotopic (exact) mass is 1890 g/mol. The number of aliphatic hydroxyl groups excluding tert-OH is 3. The fourth-order valence-electron chi connectivity index (χ4n) is 14.5. The van der Waals surface area contributed by atoms with Crippen molar-refractivity contribution in [1.82, 2.24) is 90.3 Å². The average molecular weight is 1890 g/mol. The Kier molecular flexibility index (Phi) is 47.7. The maximum Gasteiger partial charge on any atom is 0.315 e. The maximum atomic E-state index is 15.4. The molecule has 7 rings (SSSR count). The summed E-state index contributed by atoms with van der Waals surface area (Å²) in [5, 5.41) is 70.1. The van der Waals surface area contributed by atoms with Gasteiger partial charge in [-0.05, 0) is 135 Å². The molecule has 40 nitrogen and oxygen atoms in total. The number of para-hydroxylation sites is 1. The Morgan fingerprint density at radius 1 is 0.477 bits per heavy atom. The summed E-state index contributed by atoms with van der Waals surface area (Å²) in [7, 11) is 2.88. The van der Waals surface area contributed by atoms with Gasteiger partial charge in [0, 0.05) is 71.7 Å². The SMILES string of the molecule is CC(=O)CCCCC1SCC2NC(=O)NC21.CN[C@@H](CS)C(=O)C(=O)CNN[C@@H](C)C(=O)NC(CCCCN)C(=O)N[C@@H](CC(N)=O)C(=O)NC(Cc1ccccc1)C(=O)N[C@@H](Cc1ccccc1)C(=O)NC(Cc1c[nH]c2ccccc12)C(=O)N[C@@H](CCCCN)C(=O)N[C@H](C(=O)N[C@@H](Cc1ccccc1)C(=O)N[C@H](C(=O)N[C@@H](CO)C(=O)C(=O)[C@H](CS)NC)[C@@H](C)O)[C@@H](C)O.